The Balaban J connectivity index is 2.05. The van der Waals surface area contributed by atoms with Crippen LogP contribution in [-0.4, -0.2) is 8.80 Å². The van der Waals surface area contributed by atoms with Gasteiger partial charge in [-0.05, 0) is 47.9 Å². The summed E-state index contributed by atoms with van der Waals surface area (Å²) in [7, 11) is -0.163. The van der Waals surface area contributed by atoms with Crippen LogP contribution >= 0.6 is 0 Å². The van der Waals surface area contributed by atoms with E-state index in [-0.39, 0.29) is 8.80 Å². The van der Waals surface area contributed by atoms with E-state index in [0.717, 1.165) is 5.54 Å². The molecule has 0 heterocycles. The van der Waals surface area contributed by atoms with Crippen molar-refractivity contribution in [2.45, 2.75) is 44.3 Å². The molecule has 16 heavy (non-hydrogen) atoms. The lowest BCUT2D eigenvalue weighted by atomic mass is 9.91. The second-order valence-corrected chi connectivity index (χ2v) is 8.21. The molecule has 0 saturated heterocycles. The molecule has 2 aliphatic rings. The highest BCUT2D eigenvalue weighted by Gasteiger charge is 2.31. The molecule has 1 heteroatoms. The second-order valence-electron chi connectivity index (χ2n) is 5.36. The fraction of sp³-hybridized carbons (Fsp3) is 0.467. The molecule has 0 nitrogen and oxygen atoms in total. The van der Waals surface area contributed by atoms with Gasteiger partial charge in [0.1, 0.15) is 0 Å². The molecule has 83 valence electrons. The quantitative estimate of drug-likeness (QED) is 0.627. The van der Waals surface area contributed by atoms with Gasteiger partial charge in [0.25, 0.3) is 0 Å². The van der Waals surface area contributed by atoms with Gasteiger partial charge < -0.3 is 0 Å². The topological polar surface area (TPSA) is 0 Å². The molecule has 0 aliphatic heterocycles. The van der Waals surface area contributed by atoms with Crippen LogP contribution < -0.4 is 0 Å². The van der Waals surface area contributed by atoms with Crippen LogP contribution in [0.5, 0.6) is 0 Å². The highest BCUT2D eigenvalue weighted by atomic mass is 28.3. The van der Waals surface area contributed by atoms with Gasteiger partial charge in [-0.3, -0.25) is 0 Å². The molecule has 0 bridgehead atoms. The zero-order valence-electron chi connectivity index (χ0n) is 10.2. The first-order valence-electron chi connectivity index (χ1n) is 6.37. The Labute approximate surface area is 100.0 Å². The van der Waals surface area contributed by atoms with Crippen molar-refractivity contribution in [3.63, 3.8) is 0 Å². The number of hydrogen-bond donors (Lipinski definition) is 0. The van der Waals surface area contributed by atoms with Crippen molar-refractivity contribution in [2.24, 2.45) is 0 Å². The molecule has 0 spiro atoms. The predicted molar refractivity (Wildman–Crippen MR) is 72.1 cm³/mol. The third-order valence-electron chi connectivity index (χ3n) is 4.15. The Hall–Kier alpha value is -0.823. The lowest BCUT2D eigenvalue weighted by Gasteiger charge is -2.27. The molecule has 0 fully saturated rings. The summed E-state index contributed by atoms with van der Waals surface area (Å²) in [6.45, 7) is 4.96. The van der Waals surface area contributed by atoms with E-state index in [1.165, 1.54) is 25.7 Å². The molecule has 0 saturated carbocycles. The van der Waals surface area contributed by atoms with E-state index < -0.39 is 0 Å². The fourth-order valence-corrected chi connectivity index (χ4v) is 5.13. The van der Waals surface area contributed by atoms with Crippen LogP contribution in [0.3, 0.4) is 0 Å². The van der Waals surface area contributed by atoms with Crippen LogP contribution in [-0.2, 0) is 6.42 Å². The van der Waals surface area contributed by atoms with E-state index in [2.05, 4.69) is 37.4 Å². The van der Waals surface area contributed by atoms with Crippen LogP contribution in [0.25, 0.3) is 5.57 Å². The Morgan fingerprint density at radius 2 is 2.00 bits per heavy atom. The van der Waals surface area contributed by atoms with Crippen molar-refractivity contribution in [1.82, 2.24) is 0 Å². The largest absolute Gasteiger partial charge is 0.0708 e. The van der Waals surface area contributed by atoms with Crippen molar-refractivity contribution in [3.8, 4) is 0 Å². The third-order valence-corrected chi connectivity index (χ3v) is 6.18. The first kappa shape index (κ1) is 10.3. The maximum absolute atomic E-state index is 2.48. The summed E-state index contributed by atoms with van der Waals surface area (Å²) < 4.78 is 0. The first-order valence-corrected chi connectivity index (χ1v) is 8.95. The van der Waals surface area contributed by atoms with Crippen LogP contribution in [0, 0.1) is 0 Å². The molecule has 0 amide bonds. The zero-order valence-corrected chi connectivity index (χ0v) is 11.2. The molecular formula is C15H19Si. The summed E-state index contributed by atoms with van der Waals surface area (Å²) in [5.41, 5.74) is 7.64. The van der Waals surface area contributed by atoms with Gasteiger partial charge in [0.05, 0.1) is 0 Å². The summed E-state index contributed by atoms with van der Waals surface area (Å²) in [5, 5.41) is 0. The molecule has 2 aliphatic carbocycles. The van der Waals surface area contributed by atoms with Gasteiger partial charge in [0.15, 0.2) is 0 Å². The molecule has 1 aromatic rings. The lowest BCUT2D eigenvalue weighted by Crippen LogP contribution is -2.18. The second kappa shape index (κ2) is 3.88. The van der Waals surface area contributed by atoms with Gasteiger partial charge in [-0.25, -0.2) is 0 Å². The Kier molecular flexibility index (Phi) is 2.51. The minimum Gasteiger partial charge on any atom is -0.0708 e. The van der Waals surface area contributed by atoms with E-state index in [1.54, 1.807) is 16.7 Å². The molecule has 1 aromatic carbocycles. The summed E-state index contributed by atoms with van der Waals surface area (Å²) in [6, 6.07) is 9.04. The predicted octanol–water partition coefficient (Wildman–Crippen LogP) is 4.30. The number of hydrogen-bond acceptors (Lipinski definition) is 0. The molecule has 1 atom stereocenters. The van der Waals surface area contributed by atoms with Crippen LogP contribution in [0.4, 0.5) is 0 Å². The maximum Gasteiger partial charge on any atom is 0.0493 e. The Morgan fingerprint density at radius 1 is 1.19 bits per heavy atom. The van der Waals surface area contributed by atoms with Gasteiger partial charge in [-0.2, -0.15) is 0 Å². The van der Waals surface area contributed by atoms with Crippen molar-refractivity contribution < 1.29 is 0 Å². The summed E-state index contributed by atoms with van der Waals surface area (Å²) in [6.07, 6.45) is 5.45. The average molecular weight is 227 g/mol. The van der Waals surface area contributed by atoms with Gasteiger partial charge in [-0.1, -0.05) is 42.9 Å². The Bertz CT molecular complexity index is 443. The minimum atomic E-state index is -0.163. The highest BCUT2D eigenvalue weighted by Crippen LogP contribution is 2.47. The molecule has 1 radical (unpaired) electrons. The smallest absolute Gasteiger partial charge is 0.0493 e. The van der Waals surface area contributed by atoms with Gasteiger partial charge in [0, 0.05) is 8.80 Å². The van der Waals surface area contributed by atoms with Gasteiger partial charge in [0.2, 0.25) is 0 Å². The van der Waals surface area contributed by atoms with Crippen LogP contribution in [0.1, 0.15) is 30.4 Å². The SMILES string of the molecule is C[Si](C)C1CCCC2=C1Cc1ccccc12. The van der Waals surface area contributed by atoms with E-state index in [0.29, 0.717) is 0 Å². The number of benzene rings is 1. The van der Waals surface area contributed by atoms with Crippen molar-refractivity contribution in [1.29, 1.82) is 0 Å². The fourth-order valence-electron chi connectivity index (χ4n) is 3.38. The average Bonchev–Trinajstić information content (AvgIpc) is 2.67. The van der Waals surface area contributed by atoms with Crippen molar-refractivity contribution in [3.05, 3.63) is 41.0 Å². The number of rotatable bonds is 1. The summed E-state index contributed by atoms with van der Waals surface area (Å²) in [4.78, 5) is 0. The van der Waals surface area contributed by atoms with Crippen molar-refractivity contribution >= 4 is 14.4 Å². The molecule has 0 aromatic heterocycles. The maximum atomic E-state index is 2.48. The number of fused-ring (bicyclic) bond motifs is 2. The van der Waals surface area contributed by atoms with E-state index in [4.69, 9.17) is 0 Å². The summed E-state index contributed by atoms with van der Waals surface area (Å²) >= 11 is 0. The summed E-state index contributed by atoms with van der Waals surface area (Å²) in [5.74, 6) is 0. The normalized spacial score (nSPS) is 23.6. The van der Waals surface area contributed by atoms with E-state index in [1.807, 2.05) is 5.57 Å². The minimum absolute atomic E-state index is 0.163. The standard InChI is InChI=1S/C15H19Si/c1-16(2)15-9-5-8-13-12-7-4-3-6-11(12)10-14(13)15/h3-4,6-7,15H,5,8-10H2,1-2H3. The number of allylic oxidation sites excluding steroid dienone is 2. The monoisotopic (exact) mass is 227 g/mol. The van der Waals surface area contributed by atoms with Gasteiger partial charge in [-0.15, -0.1) is 0 Å². The highest BCUT2D eigenvalue weighted by molar-refractivity contribution is 6.58. The Morgan fingerprint density at radius 3 is 2.81 bits per heavy atom. The molecule has 0 N–H and O–H groups in total. The molecular weight excluding hydrogens is 208 g/mol. The van der Waals surface area contributed by atoms with Crippen molar-refractivity contribution in [2.75, 3.05) is 0 Å². The van der Waals surface area contributed by atoms with Crippen LogP contribution in [0.15, 0.2) is 29.8 Å². The van der Waals surface area contributed by atoms with Gasteiger partial charge >= 0.3 is 0 Å². The molecule has 1 unspecified atom stereocenters. The third kappa shape index (κ3) is 1.49. The van der Waals surface area contributed by atoms with E-state index in [9.17, 15) is 0 Å². The van der Waals surface area contributed by atoms with E-state index >= 15 is 0 Å². The lowest BCUT2D eigenvalue weighted by molar-refractivity contribution is 0.700. The first-order chi connectivity index (χ1) is 7.77. The molecule has 3 rings (SSSR count). The van der Waals surface area contributed by atoms with Crippen LogP contribution in [0.2, 0.25) is 18.6 Å². The zero-order chi connectivity index (χ0) is 11.1.